The van der Waals surface area contributed by atoms with Gasteiger partial charge in [-0.2, -0.15) is 18.2 Å². The van der Waals surface area contributed by atoms with Crippen molar-refractivity contribution in [3.05, 3.63) is 74.7 Å². The van der Waals surface area contributed by atoms with Crippen LogP contribution in [0.5, 0.6) is 17.4 Å². The van der Waals surface area contributed by atoms with Gasteiger partial charge in [-0.1, -0.05) is 11.6 Å². The lowest BCUT2D eigenvalue weighted by Crippen LogP contribution is -2.54. The summed E-state index contributed by atoms with van der Waals surface area (Å²) in [6.45, 7) is 1.42. The molecule has 13 heteroatoms. The molecule has 4 heterocycles. The zero-order valence-electron chi connectivity index (χ0n) is 19.5. The average Bonchev–Trinajstić information content (AvgIpc) is 3.43. The molecule has 0 N–H and O–H groups in total. The van der Waals surface area contributed by atoms with Crippen LogP contribution >= 0.6 is 11.6 Å². The Kier molecular flexibility index (Phi) is 5.80. The molecule has 2 aromatic carbocycles. The van der Waals surface area contributed by atoms with Gasteiger partial charge >= 0.3 is 11.9 Å². The molecule has 1 spiro atoms. The predicted octanol–water partition coefficient (Wildman–Crippen LogP) is 5.32. The van der Waals surface area contributed by atoms with Crippen molar-refractivity contribution >= 4 is 17.4 Å². The van der Waals surface area contributed by atoms with Crippen molar-refractivity contribution in [2.75, 3.05) is 18.1 Å². The number of anilines is 1. The van der Waals surface area contributed by atoms with Crippen molar-refractivity contribution in [2.45, 2.75) is 43.8 Å². The number of rotatable bonds is 5. The molecule has 6 rings (SSSR count). The summed E-state index contributed by atoms with van der Waals surface area (Å²) in [4.78, 5) is 18.7. The van der Waals surface area contributed by atoms with E-state index in [2.05, 4.69) is 9.88 Å². The Morgan fingerprint density at radius 3 is 2.63 bits per heavy atom. The number of hydrogen-bond donors (Lipinski definition) is 0. The molecule has 0 aliphatic carbocycles. The molecule has 0 radical (unpaired) electrons. The largest absolute Gasteiger partial charge is 0.473 e. The van der Waals surface area contributed by atoms with E-state index in [0.717, 1.165) is 37.1 Å². The molecule has 0 saturated carbocycles. The number of morpholine rings is 1. The quantitative estimate of drug-likeness (QED) is 0.397. The van der Waals surface area contributed by atoms with Crippen molar-refractivity contribution in [3.63, 3.8) is 0 Å². The SMILES string of the molecule is O=c1nc(OCc2cc(F)c(Oc3ccc(Cl)c(C(F)(F)F)c3)c(F)c2)cc2n1CC[C@@]13CO[C@@H](CN21)C3. The second kappa shape index (κ2) is 8.84. The van der Waals surface area contributed by atoms with Gasteiger partial charge in [-0.15, -0.1) is 0 Å². The highest BCUT2D eigenvalue weighted by Crippen LogP contribution is 2.46. The molecular weight excluding hydrogens is 537 g/mol. The second-order valence-electron chi connectivity index (χ2n) is 9.53. The van der Waals surface area contributed by atoms with E-state index in [9.17, 15) is 26.7 Å². The van der Waals surface area contributed by atoms with Crippen LogP contribution in [0.4, 0.5) is 27.8 Å². The Bertz CT molecular complexity index is 1470. The second-order valence-corrected chi connectivity index (χ2v) is 9.93. The maximum Gasteiger partial charge on any atom is 0.417 e. The zero-order chi connectivity index (χ0) is 26.8. The molecule has 7 nitrogen and oxygen atoms in total. The molecule has 2 saturated heterocycles. The van der Waals surface area contributed by atoms with Crippen molar-refractivity contribution in [2.24, 2.45) is 0 Å². The van der Waals surface area contributed by atoms with Crippen LogP contribution in [0.1, 0.15) is 24.0 Å². The van der Waals surface area contributed by atoms with Gasteiger partial charge in [0, 0.05) is 25.6 Å². The fourth-order valence-electron chi connectivity index (χ4n) is 5.32. The lowest BCUT2D eigenvalue weighted by molar-refractivity contribution is -0.137. The average molecular weight is 556 g/mol. The third-order valence-electron chi connectivity index (χ3n) is 7.11. The van der Waals surface area contributed by atoms with Crippen molar-refractivity contribution in [3.8, 4) is 17.4 Å². The van der Waals surface area contributed by atoms with Gasteiger partial charge in [0.05, 0.1) is 28.8 Å². The lowest BCUT2D eigenvalue weighted by atomic mass is 9.92. The van der Waals surface area contributed by atoms with Crippen LogP contribution < -0.4 is 20.1 Å². The Morgan fingerprint density at radius 1 is 1.16 bits per heavy atom. The summed E-state index contributed by atoms with van der Waals surface area (Å²) >= 11 is 5.57. The molecular formula is C25H19ClF5N3O4. The number of benzene rings is 2. The summed E-state index contributed by atoms with van der Waals surface area (Å²) in [6, 6.07) is 6.03. The van der Waals surface area contributed by atoms with Crippen molar-refractivity contribution < 1.29 is 36.2 Å². The maximum atomic E-state index is 14.7. The molecule has 2 atom stereocenters. The van der Waals surface area contributed by atoms with Gasteiger partial charge in [0.15, 0.2) is 17.4 Å². The highest BCUT2D eigenvalue weighted by atomic mass is 35.5. The number of aromatic nitrogens is 2. The highest BCUT2D eigenvalue weighted by molar-refractivity contribution is 6.31. The molecule has 2 bridgehead atoms. The smallest absolute Gasteiger partial charge is 0.417 e. The first-order valence-corrected chi connectivity index (χ1v) is 12.1. The van der Waals surface area contributed by atoms with Gasteiger partial charge in [0.1, 0.15) is 18.2 Å². The van der Waals surface area contributed by atoms with Crippen LogP contribution in [0.3, 0.4) is 0 Å². The molecule has 3 aliphatic heterocycles. The predicted molar refractivity (Wildman–Crippen MR) is 125 cm³/mol. The first kappa shape index (κ1) is 24.9. The van der Waals surface area contributed by atoms with Crippen LogP contribution in [0.2, 0.25) is 5.02 Å². The Hall–Kier alpha value is -3.38. The van der Waals surface area contributed by atoms with Crippen LogP contribution in [-0.4, -0.2) is 34.3 Å². The third kappa shape index (κ3) is 4.25. The summed E-state index contributed by atoms with van der Waals surface area (Å²) in [5, 5.41) is -0.575. The number of ether oxygens (including phenoxy) is 3. The summed E-state index contributed by atoms with van der Waals surface area (Å²) in [7, 11) is 0. The first-order chi connectivity index (χ1) is 18.0. The highest BCUT2D eigenvalue weighted by Gasteiger charge is 2.54. The van der Waals surface area contributed by atoms with E-state index in [-0.39, 0.29) is 29.7 Å². The number of nitrogens with zero attached hydrogens (tertiary/aromatic N) is 3. The minimum atomic E-state index is -4.77. The van der Waals surface area contributed by atoms with Crippen molar-refractivity contribution in [1.82, 2.24) is 9.55 Å². The van der Waals surface area contributed by atoms with Crippen LogP contribution in [0.15, 0.2) is 41.2 Å². The number of alkyl halides is 3. The topological polar surface area (TPSA) is 65.8 Å². The van der Waals surface area contributed by atoms with Crippen LogP contribution in [0, 0.1) is 11.6 Å². The molecule has 2 fully saturated rings. The van der Waals surface area contributed by atoms with E-state index in [1.807, 2.05) is 0 Å². The fraction of sp³-hybridized carbons (Fsp3) is 0.360. The van der Waals surface area contributed by atoms with Gasteiger partial charge in [-0.3, -0.25) is 4.57 Å². The minimum Gasteiger partial charge on any atom is -0.473 e. The van der Waals surface area contributed by atoms with E-state index in [1.54, 1.807) is 10.6 Å². The van der Waals surface area contributed by atoms with Gasteiger partial charge in [-0.05, 0) is 42.3 Å². The monoisotopic (exact) mass is 555 g/mol. The Morgan fingerprint density at radius 2 is 1.92 bits per heavy atom. The van der Waals surface area contributed by atoms with E-state index >= 15 is 0 Å². The van der Waals surface area contributed by atoms with Crippen molar-refractivity contribution in [1.29, 1.82) is 0 Å². The summed E-state index contributed by atoms with van der Waals surface area (Å²) in [5.41, 5.74) is -1.78. The van der Waals surface area contributed by atoms with E-state index < -0.39 is 45.6 Å². The van der Waals surface area contributed by atoms with Gasteiger partial charge in [0.25, 0.3) is 0 Å². The lowest BCUT2D eigenvalue weighted by Gasteiger charge is -2.44. The number of fused-ring (bicyclic) bond motifs is 3. The molecule has 3 aliphatic rings. The molecule has 1 aromatic heterocycles. The molecule has 38 heavy (non-hydrogen) atoms. The summed E-state index contributed by atoms with van der Waals surface area (Å²) < 4.78 is 86.7. The van der Waals surface area contributed by atoms with E-state index in [1.165, 1.54) is 0 Å². The first-order valence-electron chi connectivity index (χ1n) is 11.7. The van der Waals surface area contributed by atoms with E-state index in [4.69, 9.17) is 25.8 Å². The standard InChI is InChI=1S/C25H19ClF5N3O4/c26-17-2-1-14(7-16(17)25(29,30)31)38-22-18(27)5-13(6-19(22)28)11-36-20-8-21-33(23(35)32-20)4-3-24-9-15(37-12-24)10-34(21)24/h1-2,5-8,15H,3-4,9-12H2/t15-,24-/m1/s1. The molecule has 0 unspecified atom stereocenters. The number of halogens is 6. The molecule has 0 amide bonds. The number of hydrogen-bond acceptors (Lipinski definition) is 6. The summed E-state index contributed by atoms with van der Waals surface area (Å²) in [5.74, 6) is -2.96. The molecule has 3 aromatic rings. The normalized spacial score (nSPS) is 21.8. The van der Waals surface area contributed by atoms with Crippen LogP contribution in [0.25, 0.3) is 0 Å². The van der Waals surface area contributed by atoms with Gasteiger partial charge < -0.3 is 19.1 Å². The van der Waals surface area contributed by atoms with Gasteiger partial charge in [0.2, 0.25) is 5.88 Å². The van der Waals surface area contributed by atoms with Crippen LogP contribution in [-0.2, 0) is 24.1 Å². The summed E-state index contributed by atoms with van der Waals surface area (Å²) in [6.07, 6.45) is -3.00. The Balaban J connectivity index is 1.20. The third-order valence-corrected chi connectivity index (χ3v) is 7.43. The van der Waals surface area contributed by atoms with E-state index in [0.29, 0.717) is 31.6 Å². The molecule has 200 valence electrons. The zero-order valence-corrected chi connectivity index (χ0v) is 20.3. The van der Waals surface area contributed by atoms with Gasteiger partial charge in [-0.25, -0.2) is 13.6 Å². The fourth-order valence-corrected chi connectivity index (χ4v) is 5.54. The maximum absolute atomic E-state index is 14.7. The Labute approximate surface area is 217 Å². The minimum absolute atomic E-state index is 0.00368.